The molecule has 2 aromatic rings. The van der Waals surface area contributed by atoms with Crippen LogP contribution in [0.15, 0.2) is 39.8 Å². The monoisotopic (exact) mass is 378 g/mol. The van der Waals surface area contributed by atoms with E-state index in [0.717, 1.165) is 19.6 Å². The number of piperazine rings is 1. The third-order valence-electron chi connectivity index (χ3n) is 4.40. The Morgan fingerprint density at radius 3 is 2.38 bits per heavy atom. The second-order valence-electron chi connectivity index (χ2n) is 6.14. The predicted octanol–water partition coefficient (Wildman–Crippen LogP) is 1.56. The molecule has 8 nitrogen and oxygen atoms in total. The summed E-state index contributed by atoms with van der Waals surface area (Å²) in [5.41, 5.74) is 0.348. The summed E-state index contributed by atoms with van der Waals surface area (Å²) in [6.07, 6.45) is 0. The molecule has 1 aliphatic heterocycles. The first-order valence-electron chi connectivity index (χ1n) is 8.47. The SMILES string of the molecule is CCN1CCN(S(=O)(=O)c2ccc(C(=O)Nc3cc(C)on3)cc2)CC1. The van der Waals surface area contributed by atoms with Gasteiger partial charge in [-0.05, 0) is 37.7 Å². The van der Waals surface area contributed by atoms with Crippen molar-refractivity contribution >= 4 is 21.7 Å². The molecule has 1 saturated heterocycles. The lowest BCUT2D eigenvalue weighted by Crippen LogP contribution is -2.48. The van der Waals surface area contributed by atoms with Crippen LogP contribution in [0.25, 0.3) is 0 Å². The van der Waals surface area contributed by atoms with Gasteiger partial charge in [0.05, 0.1) is 4.90 Å². The first-order chi connectivity index (χ1) is 12.4. The summed E-state index contributed by atoms with van der Waals surface area (Å²) in [5.74, 6) is 0.529. The Balaban J connectivity index is 1.69. The van der Waals surface area contributed by atoms with Gasteiger partial charge in [-0.25, -0.2) is 8.42 Å². The van der Waals surface area contributed by atoms with Crippen LogP contribution in [0.5, 0.6) is 0 Å². The first-order valence-corrected chi connectivity index (χ1v) is 9.91. The number of rotatable bonds is 5. The first kappa shape index (κ1) is 18.6. The third kappa shape index (κ3) is 3.95. The van der Waals surface area contributed by atoms with Gasteiger partial charge in [0.15, 0.2) is 5.82 Å². The van der Waals surface area contributed by atoms with Gasteiger partial charge in [-0.2, -0.15) is 4.31 Å². The zero-order valence-electron chi connectivity index (χ0n) is 14.8. The molecule has 0 radical (unpaired) electrons. The molecule has 1 aromatic heterocycles. The van der Waals surface area contributed by atoms with E-state index in [0.29, 0.717) is 30.2 Å². The van der Waals surface area contributed by atoms with E-state index in [1.54, 1.807) is 13.0 Å². The number of nitrogens with one attached hydrogen (secondary N) is 1. The van der Waals surface area contributed by atoms with E-state index >= 15 is 0 Å². The number of amides is 1. The number of anilines is 1. The number of aromatic nitrogens is 1. The van der Waals surface area contributed by atoms with E-state index in [2.05, 4.69) is 22.3 Å². The van der Waals surface area contributed by atoms with Gasteiger partial charge < -0.3 is 14.7 Å². The number of likely N-dealkylation sites (N-methyl/N-ethyl adjacent to an activating group) is 1. The molecule has 1 N–H and O–H groups in total. The zero-order valence-corrected chi connectivity index (χ0v) is 15.6. The van der Waals surface area contributed by atoms with E-state index in [-0.39, 0.29) is 10.8 Å². The maximum Gasteiger partial charge on any atom is 0.256 e. The summed E-state index contributed by atoms with van der Waals surface area (Å²) in [4.78, 5) is 14.6. The highest BCUT2D eigenvalue weighted by Crippen LogP contribution is 2.19. The fourth-order valence-corrected chi connectivity index (χ4v) is 4.25. The van der Waals surface area contributed by atoms with E-state index in [4.69, 9.17) is 4.52 Å². The molecule has 0 atom stereocenters. The van der Waals surface area contributed by atoms with Crippen molar-refractivity contribution in [1.82, 2.24) is 14.4 Å². The summed E-state index contributed by atoms with van der Waals surface area (Å²) < 4.78 is 31.9. The molecule has 26 heavy (non-hydrogen) atoms. The van der Waals surface area contributed by atoms with Gasteiger partial charge in [0.1, 0.15) is 5.76 Å². The van der Waals surface area contributed by atoms with Gasteiger partial charge in [-0.15, -0.1) is 0 Å². The summed E-state index contributed by atoms with van der Waals surface area (Å²) in [6.45, 7) is 7.12. The van der Waals surface area contributed by atoms with Gasteiger partial charge in [0.25, 0.3) is 5.91 Å². The van der Waals surface area contributed by atoms with Crippen LogP contribution in [-0.4, -0.2) is 61.4 Å². The smallest absolute Gasteiger partial charge is 0.256 e. The van der Waals surface area contributed by atoms with E-state index < -0.39 is 10.0 Å². The lowest BCUT2D eigenvalue weighted by molar-refractivity contribution is 0.102. The van der Waals surface area contributed by atoms with Gasteiger partial charge in [-0.3, -0.25) is 4.79 Å². The maximum atomic E-state index is 12.7. The molecular formula is C17H22N4O4S. The van der Waals surface area contributed by atoms with Crippen molar-refractivity contribution in [2.75, 3.05) is 38.0 Å². The molecule has 0 aliphatic carbocycles. The van der Waals surface area contributed by atoms with E-state index in [1.807, 2.05) is 0 Å². The van der Waals surface area contributed by atoms with Crippen molar-refractivity contribution in [2.24, 2.45) is 0 Å². The Morgan fingerprint density at radius 1 is 1.19 bits per heavy atom. The highest BCUT2D eigenvalue weighted by Gasteiger charge is 2.28. The third-order valence-corrected chi connectivity index (χ3v) is 6.32. The molecule has 2 heterocycles. The predicted molar refractivity (Wildman–Crippen MR) is 96.5 cm³/mol. The molecule has 0 saturated carbocycles. The van der Waals surface area contributed by atoms with Crippen LogP contribution in [0.3, 0.4) is 0 Å². The van der Waals surface area contributed by atoms with Crippen LogP contribution in [0, 0.1) is 6.92 Å². The topological polar surface area (TPSA) is 95.8 Å². The lowest BCUT2D eigenvalue weighted by Gasteiger charge is -2.33. The molecule has 0 spiro atoms. The Morgan fingerprint density at radius 2 is 1.85 bits per heavy atom. The minimum Gasteiger partial charge on any atom is -0.360 e. The summed E-state index contributed by atoms with van der Waals surface area (Å²) in [6, 6.07) is 7.52. The molecule has 140 valence electrons. The lowest BCUT2D eigenvalue weighted by atomic mass is 10.2. The average Bonchev–Trinajstić information content (AvgIpc) is 3.06. The maximum absolute atomic E-state index is 12.7. The van der Waals surface area contributed by atoms with Crippen molar-refractivity contribution in [3.05, 3.63) is 41.7 Å². The van der Waals surface area contributed by atoms with Gasteiger partial charge in [0, 0.05) is 37.8 Å². The Bertz CT molecular complexity index is 868. The Kier molecular flexibility index (Phi) is 5.40. The van der Waals surface area contributed by atoms with Crippen LogP contribution < -0.4 is 5.32 Å². The van der Waals surface area contributed by atoms with E-state index in [9.17, 15) is 13.2 Å². The number of aryl methyl sites for hydroxylation is 1. The number of hydrogen-bond acceptors (Lipinski definition) is 6. The minimum atomic E-state index is -3.54. The molecule has 3 rings (SSSR count). The number of benzene rings is 1. The second-order valence-corrected chi connectivity index (χ2v) is 8.08. The molecule has 1 amide bonds. The summed E-state index contributed by atoms with van der Waals surface area (Å²) >= 11 is 0. The van der Waals surface area contributed by atoms with Gasteiger partial charge >= 0.3 is 0 Å². The van der Waals surface area contributed by atoms with Crippen LogP contribution >= 0.6 is 0 Å². The van der Waals surface area contributed by atoms with Crippen LogP contribution in [0.4, 0.5) is 5.82 Å². The van der Waals surface area contributed by atoms with Crippen molar-refractivity contribution in [2.45, 2.75) is 18.7 Å². The largest absolute Gasteiger partial charge is 0.360 e. The Labute approximate surface area is 152 Å². The number of sulfonamides is 1. The molecule has 1 fully saturated rings. The molecule has 1 aromatic carbocycles. The number of hydrogen-bond donors (Lipinski definition) is 1. The number of carbonyl (C=O) groups is 1. The van der Waals surface area contributed by atoms with Crippen LogP contribution in [0.2, 0.25) is 0 Å². The van der Waals surface area contributed by atoms with Crippen molar-refractivity contribution < 1.29 is 17.7 Å². The molecule has 0 bridgehead atoms. The number of nitrogens with zero attached hydrogens (tertiary/aromatic N) is 3. The fourth-order valence-electron chi connectivity index (χ4n) is 2.83. The fraction of sp³-hybridized carbons (Fsp3) is 0.412. The van der Waals surface area contributed by atoms with Crippen molar-refractivity contribution in [3.63, 3.8) is 0 Å². The zero-order chi connectivity index (χ0) is 18.7. The minimum absolute atomic E-state index is 0.191. The average molecular weight is 378 g/mol. The number of carbonyl (C=O) groups excluding carboxylic acids is 1. The highest BCUT2D eigenvalue weighted by molar-refractivity contribution is 7.89. The van der Waals surface area contributed by atoms with E-state index in [1.165, 1.54) is 28.6 Å². The van der Waals surface area contributed by atoms with Crippen molar-refractivity contribution in [1.29, 1.82) is 0 Å². The standard InChI is InChI=1S/C17H22N4O4S/c1-3-20-8-10-21(11-9-20)26(23,24)15-6-4-14(5-7-15)17(22)18-16-12-13(2)25-19-16/h4-7,12H,3,8-11H2,1-2H3,(H,18,19,22). The summed E-state index contributed by atoms with van der Waals surface area (Å²) in [7, 11) is -3.54. The van der Waals surface area contributed by atoms with Crippen molar-refractivity contribution in [3.8, 4) is 0 Å². The Hall–Kier alpha value is -2.23. The molecule has 9 heteroatoms. The highest BCUT2D eigenvalue weighted by atomic mass is 32.2. The molecule has 1 aliphatic rings. The van der Waals surface area contributed by atoms with Crippen LogP contribution in [0.1, 0.15) is 23.0 Å². The quantitative estimate of drug-likeness (QED) is 0.848. The summed E-state index contributed by atoms with van der Waals surface area (Å²) in [5, 5.41) is 6.30. The van der Waals surface area contributed by atoms with Gasteiger partial charge in [0.2, 0.25) is 10.0 Å². The molecular weight excluding hydrogens is 356 g/mol. The normalized spacial score (nSPS) is 16.5. The molecule has 0 unspecified atom stereocenters. The second kappa shape index (κ2) is 7.56. The van der Waals surface area contributed by atoms with Crippen LogP contribution in [-0.2, 0) is 10.0 Å². The van der Waals surface area contributed by atoms with Gasteiger partial charge in [-0.1, -0.05) is 12.1 Å².